The minimum atomic E-state index is -2.24. The van der Waals surface area contributed by atoms with E-state index in [1.54, 1.807) is 12.3 Å². The smallest absolute Gasteiger partial charge is 0.201 e. The summed E-state index contributed by atoms with van der Waals surface area (Å²) in [7, 11) is -0.129. The standard InChI is InChI=1S/C24H30NSi/c1-17-13-18(2)22(14-21(17)20-11-9-8-10-12-20)23-15-24(26(5,6)7)19(3)16-25(23)4/h8-16H,1-7H3/q+1/i1D3,3D3. The molecule has 0 spiro atoms. The van der Waals surface area contributed by atoms with Crippen LogP contribution < -0.4 is 9.75 Å². The Morgan fingerprint density at radius 3 is 2.15 bits per heavy atom. The fourth-order valence-corrected chi connectivity index (χ4v) is 4.82. The lowest BCUT2D eigenvalue weighted by atomic mass is 9.93. The maximum Gasteiger partial charge on any atom is 0.212 e. The first-order chi connectivity index (χ1) is 14.6. The number of hydrogen-bond acceptors (Lipinski definition) is 0. The molecule has 1 aromatic heterocycles. The SMILES string of the molecule is [2H]C([2H])([2H])c1cc(C)c(-c2cc([Si](C)(C)C)c(C([2H])([2H])[2H])c[n+]2C)cc1-c1ccccc1. The van der Waals surface area contributed by atoms with Crippen molar-refractivity contribution in [2.75, 3.05) is 0 Å². The molecule has 3 aromatic rings. The van der Waals surface area contributed by atoms with E-state index in [1.165, 1.54) is 0 Å². The van der Waals surface area contributed by atoms with Crippen molar-refractivity contribution < 1.29 is 12.8 Å². The van der Waals surface area contributed by atoms with Crippen molar-refractivity contribution in [1.82, 2.24) is 0 Å². The van der Waals surface area contributed by atoms with Gasteiger partial charge in [-0.25, -0.2) is 4.57 Å². The Labute approximate surface area is 167 Å². The fourth-order valence-electron chi connectivity index (χ4n) is 3.38. The molecule has 0 N–H and O–H groups in total. The van der Waals surface area contributed by atoms with Crippen LogP contribution in [0.2, 0.25) is 19.6 Å². The summed E-state index contributed by atoms with van der Waals surface area (Å²) in [6, 6.07) is 15.2. The van der Waals surface area contributed by atoms with E-state index in [2.05, 4.69) is 19.6 Å². The van der Waals surface area contributed by atoms with E-state index in [9.17, 15) is 0 Å². The summed E-state index contributed by atoms with van der Waals surface area (Å²) in [4.78, 5) is 0. The van der Waals surface area contributed by atoms with Crippen molar-refractivity contribution in [3.63, 3.8) is 0 Å². The largest absolute Gasteiger partial charge is 0.212 e. The first-order valence-corrected chi connectivity index (χ1v) is 12.4. The predicted octanol–water partition coefficient (Wildman–Crippen LogP) is 5.32. The quantitative estimate of drug-likeness (QED) is 0.436. The van der Waals surface area contributed by atoms with Crippen LogP contribution in [0.3, 0.4) is 0 Å². The van der Waals surface area contributed by atoms with Crippen LogP contribution in [0, 0.1) is 20.6 Å². The Balaban J connectivity index is 2.36. The van der Waals surface area contributed by atoms with Crippen LogP contribution in [0.1, 0.15) is 24.9 Å². The van der Waals surface area contributed by atoms with Gasteiger partial charge < -0.3 is 0 Å². The van der Waals surface area contributed by atoms with Gasteiger partial charge in [-0.05, 0) is 54.1 Å². The zero-order valence-electron chi connectivity index (χ0n) is 22.1. The Morgan fingerprint density at radius 1 is 0.846 bits per heavy atom. The normalized spacial score (nSPS) is 16.0. The molecule has 0 saturated carbocycles. The van der Waals surface area contributed by atoms with Gasteiger partial charge in [0.15, 0.2) is 6.20 Å². The molecule has 0 aliphatic carbocycles. The van der Waals surface area contributed by atoms with E-state index in [1.807, 2.05) is 61.0 Å². The molecule has 0 aliphatic rings. The van der Waals surface area contributed by atoms with Gasteiger partial charge in [-0.1, -0.05) is 56.0 Å². The molecule has 134 valence electrons. The van der Waals surface area contributed by atoms with Gasteiger partial charge in [0.05, 0.1) is 8.07 Å². The van der Waals surface area contributed by atoms with Crippen LogP contribution in [-0.2, 0) is 7.05 Å². The maximum absolute atomic E-state index is 8.06. The number of aromatic nitrogens is 1. The van der Waals surface area contributed by atoms with E-state index in [4.69, 9.17) is 8.22 Å². The molecule has 0 radical (unpaired) electrons. The summed E-state index contributed by atoms with van der Waals surface area (Å²) in [6.45, 7) is 3.89. The lowest BCUT2D eigenvalue weighted by Crippen LogP contribution is -2.44. The van der Waals surface area contributed by atoms with Gasteiger partial charge in [0.25, 0.3) is 0 Å². The number of hydrogen-bond donors (Lipinski definition) is 0. The second kappa shape index (κ2) is 6.84. The molecule has 3 rings (SSSR count). The highest BCUT2D eigenvalue weighted by Gasteiger charge is 2.24. The van der Waals surface area contributed by atoms with Gasteiger partial charge in [-0.15, -0.1) is 0 Å². The maximum atomic E-state index is 8.06. The molecular formula is C24H30NSi+. The minimum absolute atomic E-state index is 0.317. The molecule has 26 heavy (non-hydrogen) atoms. The highest BCUT2D eigenvalue weighted by Crippen LogP contribution is 2.31. The Morgan fingerprint density at radius 2 is 1.54 bits per heavy atom. The summed E-state index contributed by atoms with van der Waals surface area (Å²) in [6.07, 6.45) is 1.72. The number of pyridine rings is 1. The van der Waals surface area contributed by atoms with Crippen molar-refractivity contribution in [3.8, 4) is 22.4 Å². The van der Waals surface area contributed by atoms with Gasteiger partial charge >= 0.3 is 0 Å². The minimum Gasteiger partial charge on any atom is -0.201 e. The molecule has 2 aromatic carbocycles. The summed E-state index contributed by atoms with van der Waals surface area (Å²) in [5.74, 6) is 0. The van der Waals surface area contributed by atoms with Crippen LogP contribution in [0.4, 0.5) is 0 Å². The molecule has 1 nitrogen and oxygen atoms in total. The van der Waals surface area contributed by atoms with E-state index in [0.29, 0.717) is 16.7 Å². The lowest BCUT2D eigenvalue weighted by Gasteiger charge is -2.20. The lowest BCUT2D eigenvalue weighted by molar-refractivity contribution is -0.660. The zero-order valence-corrected chi connectivity index (χ0v) is 17.1. The highest BCUT2D eigenvalue weighted by atomic mass is 28.3. The van der Waals surface area contributed by atoms with Crippen LogP contribution in [0.5, 0.6) is 0 Å². The summed E-state index contributed by atoms with van der Waals surface area (Å²) in [5.41, 5.74) is 4.83. The summed E-state index contributed by atoms with van der Waals surface area (Å²) < 4.78 is 50.1. The van der Waals surface area contributed by atoms with Gasteiger partial charge in [-0.3, -0.25) is 0 Å². The molecule has 1 heterocycles. The summed E-state index contributed by atoms with van der Waals surface area (Å²) >= 11 is 0. The number of aryl methyl sites for hydroxylation is 4. The van der Waals surface area contributed by atoms with Crippen molar-refractivity contribution in [1.29, 1.82) is 0 Å². The molecule has 0 fully saturated rings. The van der Waals surface area contributed by atoms with E-state index in [-0.39, 0.29) is 0 Å². The Kier molecular flexibility index (Phi) is 3.22. The monoisotopic (exact) mass is 366 g/mol. The third-order valence-electron chi connectivity index (χ3n) is 4.81. The van der Waals surface area contributed by atoms with Crippen LogP contribution >= 0.6 is 0 Å². The Bertz CT molecular complexity index is 1140. The van der Waals surface area contributed by atoms with Crippen molar-refractivity contribution in [3.05, 3.63) is 71.4 Å². The van der Waals surface area contributed by atoms with Gasteiger partial charge in [0, 0.05) is 25.4 Å². The predicted molar refractivity (Wildman–Crippen MR) is 116 cm³/mol. The number of rotatable bonds is 3. The number of benzene rings is 2. The van der Waals surface area contributed by atoms with Crippen LogP contribution in [-0.4, -0.2) is 8.07 Å². The van der Waals surface area contributed by atoms with Crippen LogP contribution in [0.25, 0.3) is 22.4 Å². The Hall–Kier alpha value is -2.19. The molecule has 0 amide bonds. The highest BCUT2D eigenvalue weighted by molar-refractivity contribution is 6.89. The molecule has 2 heteroatoms. The summed E-state index contributed by atoms with van der Waals surface area (Å²) in [5, 5.41) is 0.895. The van der Waals surface area contributed by atoms with E-state index in [0.717, 1.165) is 27.6 Å². The average Bonchev–Trinajstić information content (AvgIpc) is 2.66. The van der Waals surface area contributed by atoms with Crippen LogP contribution in [0.15, 0.2) is 54.7 Å². The zero-order chi connectivity index (χ0) is 24.1. The van der Waals surface area contributed by atoms with Gasteiger partial charge in [0.1, 0.15) is 7.05 Å². The van der Waals surface area contributed by atoms with Crippen molar-refractivity contribution >= 4 is 13.3 Å². The van der Waals surface area contributed by atoms with Gasteiger partial charge in [0.2, 0.25) is 5.69 Å². The molecule has 0 atom stereocenters. The molecule has 0 unspecified atom stereocenters. The van der Waals surface area contributed by atoms with Crippen molar-refractivity contribution in [2.24, 2.45) is 7.05 Å². The first-order valence-electron chi connectivity index (χ1n) is 11.9. The second-order valence-corrected chi connectivity index (χ2v) is 13.0. The molecule has 0 saturated heterocycles. The topological polar surface area (TPSA) is 3.88 Å². The average molecular weight is 367 g/mol. The molecule has 0 bridgehead atoms. The van der Waals surface area contributed by atoms with Gasteiger partial charge in [-0.2, -0.15) is 0 Å². The van der Waals surface area contributed by atoms with Crippen molar-refractivity contribution in [2.45, 2.75) is 40.3 Å². The number of nitrogens with zero attached hydrogens (tertiary/aromatic N) is 1. The third-order valence-corrected chi connectivity index (χ3v) is 6.84. The first kappa shape index (κ1) is 12.2. The van der Waals surface area contributed by atoms with E-state index >= 15 is 0 Å². The second-order valence-electron chi connectivity index (χ2n) is 7.93. The van der Waals surface area contributed by atoms with E-state index < -0.39 is 21.8 Å². The molecular weight excluding hydrogens is 330 g/mol. The fraction of sp³-hybridized carbons (Fsp3) is 0.292. The third kappa shape index (κ3) is 3.52. The molecule has 0 aliphatic heterocycles.